The van der Waals surface area contributed by atoms with Crippen LogP contribution in [-0.4, -0.2) is 61.1 Å². The van der Waals surface area contributed by atoms with Gasteiger partial charge in [-0.05, 0) is 80.5 Å². The lowest BCUT2D eigenvalue weighted by Gasteiger charge is -2.14. The SMILES string of the molecule is CC(=O)O.NS(=O)(=O)c1cccc(CCCCCOCCCCCNC[C@H](O)c2ccc(O)c(CO)c2)c1. The Morgan fingerprint density at radius 1 is 1.03 bits per heavy atom. The van der Waals surface area contributed by atoms with Gasteiger partial charge in [-0.25, -0.2) is 13.6 Å². The largest absolute Gasteiger partial charge is 0.508 e. The Labute approximate surface area is 225 Å². The van der Waals surface area contributed by atoms with Crippen molar-refractivity contribution in [3.8, 4) is 5.75 Å². The van der Waals surface area contributed by atoms with E-state index in [1.165, 1.54) is 12.1 Å². The molecule has 214 valence electrons. The zero-order valence-corrected chi connectivity index (χ0v) is 22.8. The monoisotopic (exact) mass is 554 g/mol. The van der Waals surface area contributed by atoms with Gasteiger partial charge in [0.25, 0.3) is 5.97 Å². The van der Waals surface area contributed by atoms with E-state index in [2.05, 4.69) is 5.32 Å². The minimum Gasteiger partial charge on any atom is -0.508 e. The fourth-order valence-corrected chi connectivity index (χ4v) is 4.20. The highest BCUT2D eigenvalue weighted by Gasteiger charge is 2.10. The van der Waals surface area contributed by atoms with Gasteiger partial charge in [-0.3, -0.25) is 4.79 Å². The fraction of sp³-hybridized carbons (Fsp3) is 0.519. The Bertz CT molecular complexity index is 1060. The van der Waals surface area contributed by atoms with Gasteiger partial charge in [0.15, 0.2) is 0 Å². The van der Waals surface area contributed by atoms with Crippen LogP contribution in [0.15, 0.2) is 47.4 Å². The number of carboxylic acids is 1. The van der Waals surface area contributed by atoms with Crippen LogP contribution in [0.4, 0.5) is 0 Å². The predicted octanol–water partition coefficient (Wildman–Crippen LogP) is 2.85. The lowest BCUT2D eigenvalue weighted by molar-refractivity contribution is -0.134. The Morgan fingerprint density at radius 3 is 2.32 bits per heavy atom. The molecule has 0 radical (unpaired) electrons. The van der Waals surface area contributed by atoms with E-state index in [9.17, 15) is 23.7 Å². The van der Waals surface area contributed by atoms with E-state index in [1.807, 2.05) is 6.07 Å². The molecule has 2 aromatic carbocycles. The molecule has 0 bridgehead atoms. The highest BCUT2D eigenvalue weighted by molar-refractivity contribution is 7.89. The van der Waals surface area contributed by atoms with Crippen LogP contribution in [0.25, 0.3) is 0 Å². The highest BCUT2D eigenvalue weighted by Crippen LogP contribution is 2.22. The highest BCUT2D eigenvalue weighted by atomic mass is 32.2. The smallest absolute Gasteiger partial charge is 0.300 e. The van der Waals surface area contributed by atoms with Crippen LogP contribution in [0.5, 0.6) is 5.75 Å². The maximum absolute atomic E-state index is 11.4. The number of rotatable bonds is 17. The van der Waals surface area contributed by atoms with Gasteiger partial charge in [-0.2, -0.15) is 0 Å². The molecule has 0 aliphatic rings. The van der Waals surface area contributed by atoms with Crippen molar-refractivity contribution in [2.75, 3.05) is 26.3 Å². The molecular weight excluding hydrogens is 512 g/mol. The van der Waals surface area contributed by atoms with Gasteiger partial charge < -0.3 is 30.5 Å². The number of aromatic hydroxyl groups is 1. The summed E-state index contributed by atoms with van der Waals surface area (Å²) in [5, 5.41) is 44.8. The zero-order chi connectivity index (χ0) is 28.4. The quantitative estimate of drug-likeness (QED) is 0.160. The van der Waals surface area contributed by atoms with Crippen LogP contribution >= 0.6 is 0 Å². The number of sulfonamides is 1. The summed E-state index contributed by atoms with van der Waals surface area (Å²) in [7, 11) is -3.65. The first-order valence-corrected chi connectivity index (χ1v) is 14.3. The normalized spacial score (nSPS) is 12.0. The summed E-state index contributed by atoms with van der Waals surface area (Å²) in [6, 6.07) is 11.6. The van der Waals surface area contributed by atoms with Crippen LogP contribution in [0, 0.1) is 0 Å². The van der Waals surface area contributed by atoms with Gasteiger partial charge in [0, 0.05) is 32.2 Å². The molecule has 2 aromatic rings. The van der Waals surface area contributed by atoms with Gasteiger partial charge in [0.05, 0.1) is 17.6 Å². The average molecular weight is 555 g/mol. The lowest BCUT2D eigenvalue weighted by Crippen LogP contribution is -2.22. The molecular formula is C27H42N2O8S. The van der Waals surface area contributed by atoms with Crippen molar-refractivity contribution in [3.05, 3.63) is 59.2 Å². The Hall–Kier alpha value is -2.54. The van der Waals surface area contributed by atoms with Crippen molar-refractivity contribution in [2.45, 2.75) is 69.5 Å². The molecule has 1 atom stereocenters. The fourth-order valence-electron chi connectivity index (χ4n) is 3.62. The molecule has 0 spiro atoms. The number of phenols is 1. The number of aryl methyl sites for hydroxylation is 1. The van der Waals surface area contributed by atoms with Gasteiger partial charge in [0.2, 0.25) is 10.0 Å². The van der Waals surface area contributed by atoms with E-state index < -0.39 is 22.1 Å². The standard InChI is InChI=1S/C25H38N2O6S.C2H4O2/c26-34(31,32)23-10-7-9-20(16-23)8-3-1-5-14-33-15-6-2-4-13-27-18-25(30)21-11-12-24(29)22(17-21)19-28;1-2(3)4/h7,9-12,16-17,25,27-30H,1-6,8,13-15,18-19H2,(H2,26,31,32);1H3,(H,3,4)/t25-;/m0./s1. The summed E-state index contributed by atoms with van der Waals surface area (Å²) < 4.78 is 28.5. The summed E-state index contributed by atoms with van der Waals surface area (Å²) in [4.78, 5) is 9.16. The molecule has 7 N–H and O–H groups in total. The topological polar surface area (TPSA) is 179 Å². The van der Waals surface area contributed by atoms with Crippen molar-refractivity contribution in [1.82, 2.24) is 5.32 Å². The number of nitrogens with two attached hydrogens (primary N) is 1. The number of carbonyl (C=O) groups is 1. The molecule has 11 heteroatoms. The Balaban J connectivity index is 0.00000168. The number of carboxylic acid groups (broad SMARTS) is 1. The minimum atomic E-state index is -3.65. The number of hydrogen-bond donors (Lipinski definition) is 6. The lowest BCUT2D eigenvalue weighted by atomic mass is 10.1. The van der Waals surface area contributed by atoms with Crippen LogP contribution < -0.4 is 10.5 Å². The van der Waals surface area contributed by atoms with Crippen LogP contribution in [-0.2, 0) is 32.6 Å². The second-order valence-corrected chi connectivity index (χ2v) is 10.5. The van der Waals surface area contributed by atoms with Gasteiger partial charge >= 0.3 is 0 Å². The molecule has 0 saturated carbocycles. The predicted molar refractivity (Wildman–Crippen MR) is 145 cm³/mol. The van der Waals surface area contributed by atoms with Crippen molar-refractivity contribution in [2.24, 2.45) is 5.14 Å². The molecule has 0 aromatic heterocycles. The van der Waals surface area contributed by atoms with Crippen molar-refractivity contribution in [3.63, 3.8) is 0 Å². The van der Waals surface area contributed by atoms with Gasteiger partial charge in [-0.1, -0.05) is 24.6 Å². The molecule has 0 aliphatic heterocycles. The zero-order valence-electron chi connectivity index (χ0n) is 22.0. The summed E-state index contributed by atoms with van der Waals surface area (Å²) in [5.41, 5.74) is 2.05. The molecule has 0 saturated heterocycles. The molecule has 0 aliphatic carbocycles. The number of unbranched alkanes of at least 4 members (excludes halogenated alkanes) is 4. The molecule has 2 rings (SSSR count). The average Bonchev–Trinajstić information content (AvgIpc) is 2.86. The first-order chi connectivity index (χ1) is 18.0. The number of aliphatic hydroxyl groups excluding tert-OH is 2. The number of primary sulfonamides is 1. The Morgan fingerprint density at radius 2 is 1.68 bits per heavy atom. The van der Waals surface area contributed by atoms with Gasteiger partial charge in [-0.15, -0.1) is 0 Å². The molecule has 10 nitrogen and oxygen atoms in total. The van der Waals surface area contributed by atoms with Crippen molar-refractivity contribution >= 4 is 16.0 Å². The molecule has 0 unspecified atom stereocenters. The Kier molecular flexibility index (Phi) is 16.5. The summed E-state index contributed by atoms with van der Waals surface area (Å²) in [5.74, 6) is -0.804. The molecule has 0 fully saturated rings. The summed E-state index contributed by atoms with van der Waals surface area (Å²) >= 11 is 0. The second kappa shape index (κ2) is 18.7. The maximum atomic E-state index is 11.4. The molecule has 0 amide bonds. The number of aliphatic hydroxyl groups is 2. The number of nitrogens with one attached hydrogen (secondary N) is 1. The second-order valence-electron chi connectivity index (χ2n) is 8.96. The number of benzene rings is 2. The van der Waals surface area contributed by atoms with E-state index in [4.69, 9.17) is 19.8 Å². The van der Waals surface area contributed by atoms with Crippen molar-refractivity contribution < 1.29 is 38.4 Å². The maximum Gasteiger partial charge on any atom is 0.300 e. The van der Waals surface area contributed by atoms with E-state index in [1.54, 1.807) is 24.3 Å². The third kappa shape index (κ3) is 15.0. The molecule has 0 heterocycles. The van der Waals surface area contributed by atoms with Gasteiger partial charge in [0.1, 0.15) is 5.75 Å². The third-order valence-corrected chi connectivity index (χ3v) is 6.53. The third-order valence-electron chi connectivity index (χ3n) is 5.62. The number of ether oxygens (including phenoxy) is 1. The van der Waals surface area contributed by atoms with Crippen LogP contribution in [0.3, 0.4) is 0 Å². The van der Waals surface area contributed by atoms with Crippen LogP contribution in [0.1, 0.15) is 68.2 Å². The first kappa shape index (κ1) is 33.5. The molecule has 38 heavy (non-hydrogen) atoms. The first-order valence-electron chi connectivity index (χ1n) is 12.7. The van der Waals surface area contributed by atoms with E-state index in [0.29, 0.717) is 17.7 Å². The number of aliphatic carboxylic acids is 1. The summed E-state index contributed by atoms with van der Waals surface area (Å²) in [6.07, 6.45) is 6.12. The van der Waals surface area contributed by atoms with E-state index >= 15 is 0 Å². The summed E-state index contributed by atoms with van der Waals surface area (Å²) in [6.45, 7) is 3.49. The van der Waals surface area contributed by atoms with E-state index in [0.717, 1.165) is 77.2 Å². The van der Waals surface area contributed by atoms with Crippen molar-refractivity contribution in [1.29, 1.82) is 0 Å². The minimum absolute atomic E-state index is 0.0294. The van der Waals surface area contributed by atoms with E-state index in [-0.39, 0.29) is 17.3 Å². The number of hydrogen-bond acceptors (Lipinski definition) is 8. The van der Waals surface area contributed by atoms with Crippen LogP contribution in [0.2, 0.25) is 0 Å².